The minimum atomic E-state index is 0.616. The Hall–Kier alpha value is -4.31. The highest BCUT2D eigenvalue weighted by atomic mass is 15.2. The molecule has 2 aromatic heterocycles. The first-order valence-corrected chi connectivity index (χ1v) is 11.2. The lowest BCUT2D eigenvalue weighted by atomic mass is 10.2. The van der Waals surface area contributed by atoms with Crippen molar-refractivity contribution in [3.63, 3.8) is 0 Å². The Labute approximate surface area is 193 Å². The SMILES string of the molecule is CC.c1ccc(-c2nc(-c3ccccc3)nc(-n3c4ccccc4c4ccccc43)n2)cc1. The third kappa shape index (κ3) is 3.76. The molecule has 0 saturated carbocycles. The summed E-state index contributed by atoms with van der Waals surface area (Å²) in [6, 6.07) is 36.9. The molecule has 0 amide bonds. The van der Waals surface area contributed by atoms with Crippen LogP contribution in [-0.2, 0) is 0 Å². The van der Waals surface area contributed by atoms with Crippen LogP contribution in [0.25, 0.3) is 50.5 Å². The molecule has 160 valence electrons. The van der Waals surface area contributed by atoms with E-state index in [9.17, 15) is 0 Å². The van der Waals surface area contributed by atoms with Gasteiger partial charge >= 0.3 is 0 Å². The zero-order chi connectivity index (χ0) is 22.6. The fraction of sp³-hybridized carbons (Fsp3) is 0.0690. The molecule has 33 heavy (non-hydrogen) atoms. The summed E-state index contributed by atoms with van der Waals surface area (Å²) in [5.41, 5.74) is 4.08. The molecule has 0 saturated heterocycles. The van der Waals surface area contributed by atoms with E-state index in [1.165, 1.54) is 10.8 Å². The Bertz CT molecular complexity index is 1410. The molecule has 0 aliphatic heterocycles. The monoisotopic (exact) mass is 428 g/mol. The summed E-state index contributed by atoms with van der Waals surface area (Å²) in [4.78, 5) is 14.6. The van der Waals surface area contributed by atoms with Crippen LogP contribution in [0.5, 0.6) is 0 Å². The second-order valence-electron chi connectivity index (χ2n) is 7.38. The Kier molecular flexibility index (Phi) is 5.64. The van der Waals surface area contributed by atoms with Crippen LogP contribution in [0.1, 0.15) is 13.8 Å². The van der Waals surface area contributed by atoms with Gasteiger partial charge in [-0.25, -0.2) is 4.98 Å². The van der Waals surface area contributed by atoms with E-state index in [0.29, 0.717) is 17.6 Å². The average Bonchev–Trinajstić information content (AvgIpc) is 3.25. The van der Waals surface area contributed by atoms with Crippen molar-refractivity contribution < 1.29 is 0 Å². The summed E-state index contributed by atoms with van der Waals surface area (Å²) in [5.74, 6) is 1.93. The standard InChI is InChI=1S/C27H18N4.C2H6/c1-3-11-19(12-4-1)25-28-26(20-13-5-2-6-14-20)30-27(29-25)31-23-17-9-7-15-21(23)22-16-8-10-18-24(22)31;1-2/h1-18H;1-2H3. The molecule has 6 aromatic rings. The van der Waals surface area contributed by atoms with Gasteiger partial charge in [0.05, 0.1) is 11.0 Å². The van der Waals surface area contributed by atoms with Gasteiger partial charge in [0.2, 0.25) is 5.95 Å². The van der Waals surface area contributed by atoms with E-state index in [1.54, 1.807) is 0 Å². The van der Waals surface area contributed by atoms with Crippen LogP contribution in [0, 0.1) is 0 Å². The zero-order valence-corrected chi connectivity index (χ0v) is 18.7. The number of hydrogen-bond donors (Lipinski definition) is 0. The molecule has 0 fully saturated rings. The second kappa shape index (κ2) is 9.05. The predicted octanol–water partition coefficient (Wildman–Crippen LogP) is 7.33. The van der Waals surface area contributed by atoms with Gasteiger partial charge in [0.15, 0.2) is 11.6 Å². The Morgan fingerprint density at radius 2 is 0.848 bits per heavy atom. The number of hydrogen-bond acceptors (Lipinski definition) is 3. The van der Waals surface area contributed by atoms with Crippen molar-refractivity contribution in [2.75, 3.05) is 0 Å². The molecule has 0 unspecified atom stereocenters. The molecule has 0 N–H and O–H groups in total. The quantitative estimate of drug-likeness (QED) is 0.296. The first kappa shape index (κ1) is 20.6. The highest BCUT2D eigenvalue weighted by molar-refractivity contribution is 6.08. The number of nitrogens with zero attached hydrogens (tertiary/aromatic N) is 4. The third-order valence-corrected chi connectivity index (χ3v) is 5.47. The molecule has 2 heterocycles. The van der Waals surface area contributed by atoms with Crippen molar-refractivity contribution in [1.29, 1.82) is 0 Å². The molecular weight excluding hydrogens is 404 g/mol. The maximum atomic E-state index is 4.91. The van der Waals surface area contributed by atoms with Crippen LogP contribution in [0.4, 0.5) is 0 Å². The molecule has 4 nitrogen and oxygen atoms in total. The molecule has 0 atom stereocenters. The lowest BCUT2D eigenvalue weighted by Gasteiger charge is -2.10. The molecule has 6 rings (SSSR count). The van der Waals surface area contributed by atoms with E-state index in [1.807, 2.05) is 74.5 Å². The van der Waals surface area contributed by atoms with E-state index in [2.05, 4.69) is 53.1 Å². The second-order valence-corrected chi connectivity index (χ2v) is 7.38. The first-order chi connectivity index (χ1) is 16.4. The van der Waals surface area contributed by atoms with Crippen molar-refractivity contribution >= 4 is 21.8 Å². The van der Waals surface area contributed by atoms with Crippen molar-refractivity contribution in [3.8, 4) is 28.7 Å². The fourth-order valence-corrected chi connectivity index (χ4v) is 4.04. The molecule has 0 spiro atoms. The fourth-order valence-electron chi connectivity index (χ4n) is 4.04. The van der Waals surface area contributed by atoms with Crippen LogP contribution < -0.4 is 0 Å². The highest BCUT2D eigenvalue weighted by Crippen LogP contribution is 2.31. The molecule has 0 bridgehead atoms. The lowest BCUT2D eigenvalue weighted by Crippen LogP contribution is -2.06. The van der Waals surface area contributed by atoms with Crippen molar-refractivity contribution in [3.05, 3.63) is 109 Å². The Morgan fingerprint density at radius 3 is 1.30 bits per heavy atom. The Morgan fingerprint density at radius 1 is 0.455 bits per heavy atom. The van der Waals surface area contributed by atoms with Crippen LogP contribution in [0.15, 0.2) is 109 Å². The third-order valence-electron chi connectivity index (χ3n) is 5.47. The van der Waals surface area contributed by atoms with Crippen molar-refractivity contribution in [2.45, 2.75) is 13.8 Å². The molecular formula is C29H24N4. The molecule has 4 heteroatoms. The van der Waals surface area contributed by atoms with E-state index in [-0.39, 0.29) is 0 Å². The zero-order valence-electron chi connectivity index (χ0n) is 18.7. The van der Waals surface area contributed by atoms with Crippen LogP contribution >= 0.6 is 0 Å². The number of fused-ring (bicyclic) bond motifs is 3. The molecule has 0 aliphatic carbocycles. The summed E-state index contributed by atoms with van der Waals surface area (Å²) in [5, 5.41) is 2.36. The average molecular weight is 429 g/mol. The maximum Gasteiger partial charge on any atom is 0.238 e. The smallest absolute Gasteiger partial charge is 0.238 e. The van der Waals surface area contributed by atoms with Crippen LogP contribution in [0.3, 0.4) is 0 Å². The normalized spacial score (nSPS) is 10.7. The van der Waals surface area contributed by atoms with Crippen molar-refractivity contribution in [2.24, 2.45) is 0 Å². The topological polar surface area (TPSA) is 43.6 Å². The van der Waals surface area contributed by atoms with Gasteiger partial charge < -0.3 is 0 Å². The number of rotatable bonds is 3. The number of para-hydroxylation sites is 2. The van der Waals surface area contributed by atoms with Gasteiger partial charge in [-0.05, 0) is 12.1 Å². The molecule has 4 aromatic carbocycles. The number of benzene rings is 4. The van der Waals surface area contributed by atoms with Gasteiger partial charge in [0.1, 0.15) is 0 Å². The van der Waals surface area contributed by atoms with Crippen LogP contribution in [-0.4, -0.2) is 19.5 Å². The van der Waals surface area contributed by atoms with Crippen molar-refractivity contribution in [1.82, 2.24) is 19.5 Å². The van der Waals surface area contributed by atoms with E-state index in [0.717, 1.165) is 22.2 Å². The summed E-state index contributed by atoms with van der Waals surface area (Å²) >= 11 is 0. The van der Waals surface area contributed by atoms with Gasteiger partial charge in [-0.15, -0.1) is 0 Å². The van der Waals surface area contributed by atoms with E-state index >= 15 is 0 Å². The van der Waals surface area contributed by atoms with E-state index in [4.69, 9.17) is 15.0 Å². The van der Waals surface area contributed by atoms with Gasteiger partial charge in [-0.2, -0.15) is 9.97 Å². The predicted molar refractivity (Wildman–Crippen MR) is 136 cm³/mol. The molecule has 0 aliphatic rings. The van der Waals surface area contributed by atoms with E-state index < -0.39 is 0 Å². The first-order valence-electron chi connectivity index (χ1n) is 11.2. The van der Waals surface area contributed by atoms with Gasteiger partial charge in [-0.1, -0.05) is 111 Å². The molecule has 0 radical (unpaired) electrons. The summed E-state index contributed by atoms with van der Waals surface area (Å²) < 4.78 is 2.13. The van der Waals surface area contributed by atoms with Crippen LogP contribution in [0.2, 0.25) is 0 Å². The van der Waals surface area contributed by atoms with Gasteiger partial charge in [0.25, 0.3) is 0 Å². The highest BCUT2D eigenvalue weighted by Gasteiger charge is 2.16. The summed E-state index contributed by atoms with van der Waals surface area (Å²) in [6.07, 6.45) is 0. The van der Waals surface area contributed by atoms with Gasteiger partial charge in [0, 0.05) is 21.9 Å². The lowest BCUT2D eigenvalue weighted by molar-refractivity contribution is 0.953. The number of aromatic nitrogens is 4. The summed E-state index contributed by atoms with van der Waals surface area (Å²) in [6.45, 7) is 4.00. The largest absolute Gasteiger partial charge is 0.278 e. The minimum Gasteiger partial charge on any atom is -0.278 e. The van der Waals surface area contributed by atoms with Gasteiger partial charge in [-0.3, -0.25) is 4.57 Å². The summed E-state index contributed by atoms with van der Waals surface area (Å²) in [7, 11) is 0. The Balaban J connectivity index is 0.00000111. The minimum absolute atomic E-state index is 0.616. The maximum absolute atomic E-state index is 4.91.